The number of hydrogen-bond acceptors (Lipinski definition) is 3. The minimum absolute atomic E-state index is 0.120. The number of hydrogen-bond donors (Lipinski definition) is 0. The van der Waals surface area contributed by atoms with Gasteiger partial charge in [0.1, 0.15) is 0 Å². The van der Waals surface area contributed by atoms with Crippen LogP contribution in [0.15, 0.2) is 4.60 Å². The summed E-state index contributed by atoms with van der Waals surface area (Å²) in [6.07, 6.45) is 2.00. The number of carbonyl (C=O) groups excluding carboxylic acids is 1. The summed E-state index contributed by atoms with van der Waals surface area (Å²) in [6.45, 7) is 0. The highest BCUT2D eigenvalue weighted by molar-refractivity contribution is 9.10. The molecule has 0 N–H and O–H groups in total. The fourth-order valence-corrected chi connectivity index (χ4v) is 1.58. The van der Waals surface area contributed by atoms with E-state index >= 15 is 0 Å². The van der Waals surface area contributed by atoms with E-state index in [1.165, 1.54) is 4.80 Å². The Labute approximate surface area is 78.1 Å². The monoisotopic (exact) mass is 229 g/mol. The molecule has 64 valence electrons. The first kappa shape index (κ1) is 7.91. The van der Waals surface area contributed by atoms with Gasteiger partial charge in [-0.1, -0.05) is 0 Å². The molecule has 1 fully saturated rings. The van der Waals surface area contributed by atoms with Crippen molar-refractivity contribution in [3.8, 4) is 0 Å². The van der Waals surface area contributed by atoms with Gasteiger partial charge in [0.05, 0.1) is 0 Å². The second-order valence-electron chi connectivity index (χ2n) is 2.97. The smallest absolute Gasteiger partial charge is 0.188 e. The second-order valence-corrected chi connectivity index (χ2v) is 3.72. The van der Waals surface area contributed by atoms with Crippen LogP contribution in [0, 0.1) is 5.92 Å². The first-order valence-electron chi connectivity index (χ1n) is 3.79. The minimum atomic E-state index is 0.120. The predicted octanol–water partition coefficient (Wildman–Crippen LogP) is 1.17. The van der Waals surface area contributed by atoms with Gasteiger partial charge in [0.2, 0.25) is 0 Å². The number of halogens is 1. The van der Waals surface area contributed by atoms with Gasteiger partial charge in [0.15, 0.2) is 16.1 Å². The Morgan fingerprint density at radius 2 is 2.25 bits per heavy atom. The predicted molar refractivity (Wildman–Crippen MR) is 45.8 cm³/mol. The number of Topliss-reactive ketones (excluding diaryl/α,β-unsaturated/α-hetero) is 1. The number of aromatic nitrogens is 3. The van der Waals surface area contributed by atoms with Crippen LogP contribution in [0.5, 0.6) is 0 Å². The summed E-state index contributed by atoms with van der Waals surface area (Å²) in [5, 5.41) is 7.92. The summed E-state index contributed by atoms with van der Waals surface area (Å²) < 4.78 is 0.557. The molecule has 1 aliphatic carbocycles. The molecule has 1 aromatic rings. The molecule has 12 heavy (non-hydrogen) atoms. The van der Waals surface area contributed by atoms with Gasteiger partial charge in [-0.25, -0.2) is 0 Å². The van der Waals surface area contributed by atoms with Gasteiger partial charge in [-0.3, -0.25) is 4.79 Å². The Hall–Kier alpha value is -0.710. The van der Waals surface area contributed by atoms with Crippen molar-refractivity contribution in [1.82, 2.24) is 15.0 Å². The van der Waals surface area contributed by atoms with Crippen LogP contribution in [-0.4, -0.2) is 20.8 Å². The summed E-state index contributed by atoms with van der Waals surface area (Å²) >= 11 is 3.20. The molecule has 0 aliphatic heterocycles. The molecule has 0 saturated heterocycles. The number of aryl methyl sites for hydroxylation is 1. The Kier molecular flexibility index (Phi) is 1.75. The average Bonchev–Trinajstić information content (AvgIpc) is 2.77. The van der Waals surface area contributed by atoms with E-state index in [0.717, 1.165) is 12.8 Å². The number of carbonyl (C=O) groups is 1. The van der Waals surface area contributed by atoms with Crippen LogP contribution in [-0.2, 0) is 7.05 Å². The zero-order chi connectivity index (χ0) is 8.72. The zero-order valence-electron chi connectivity index (χ0n) is 6.62. The van der Waals surface area contributed by atoms with Crippen molar-refractivity contribution in [2.45, 2.75) is 12.8 Å². The molecule has 0 radical (unpaired) electrons. The Bertz CT molecular complexity index is 329. The van der Waals surface area contributed by atoms with E-state index in [9.17, 15) is 4.79 Å². The van der Waals surface area contributed by atoms with E-state index in [2.05, 4.69) is 26.1 Å². The van der Waals surface area contributed by atoms with E-state index in [1.807, 2.05) is 0 Å². The highest BCUT2D eigenvalue weighted by Crippen LogP contribution is 2.33. The van der Waals surface area contributed by atoms with Crippen LogP contribution in [0.3, 0.4) is 0 Å². The lowest BCUT2D eigenvalue weighted by atomic mass is 10.2. The standard InChI is InChI=1S/C7H8BrN3O/c1-11-9-5(7(8)10-11)6(12)4-2-3-4/h4H,2-3H2,1H3. The lowest BCUT2D eigenvalue weighted by Gasteiger charge is -1.89. The van der Waals surface area contributed by atoms with Gasteiger partial charge in [-0.2, -0.15) is 4.80 Å². The third-order valence-corrected chi connectivity index (χ3v) is 2.39. The van der Waals surface area contributed by atoms with E-state index in [-0.39, 0.29) is 11.7 Å². The van der Waals surface area contributed by atoms with Gasteiger partial charge in [-0.15, -0.1) is 10.2 Å². The first-order chi connectivity index (χ1) is 5.68. The Balaban J connectivity index is 2.31. The fraction of sp³-hybridized carbons (Fsp3) is 0.571. The molecular weight excluding hydrogens is 222 g/mol. The van der Waals surface area contributed by atoms with Crippen LogP contribution in [0.2, 0.25) is 0 Å². The molecule has 1 heterocycles. The molecule has 0 bridgehead atoms. The molecule has 2 rings (SSSR count). The van der Waals surface area contributed by atoms with Crippen molar-refractivity contribution >= 4 is 21.7 Å². The van der Waals surface area contributed by atoms with Gasteiger partial charge in [0.25, 0.3) is 0 Å². The topological polar surface area (TPSA) is 47.8 Å². The number of ketones is 1. The van der Waals surface area contributed by atoms with E-state index in [0.29, 0.717) is 10.3 Å². The molecular formula is C7H8BrN3O. The maximum absolute atomic E-state index is 11.5. The lowest BCUT2D eigenvalue weighted by Crippen LogP contribution is -2.03. The van der Waals surface area contributed by atoms with Crippen molar-refractivity contribution in [2.24, 2.45) is 13.0 Å². The summed E-state index contributed by atoms with van der Waals surface area (Å²) in [6, 6.07) is 0. The normalized spacial score (nSPS) is 16.5. The Morgan fingerprint density at radius 1 is 1.58 bits per heavy atom. The molecule has 5 heteroatoms. The molecule has 0 atom stereocenters. The van der Waals surface area contributed by atoms with Crippen molar-refractivity contribution < 1.29 is 4.79 Å². The molecule has 1 aliphatic rings. The third-order valence-electron chi connectivity index (χ3n) is 1.85. The van der Waals surface area contributed by atoms with Gasteiger partial charge in [0, 0.05) is 13.0 Å². The van der Waals surface area contributed by atoms with Crippen molar-refractivity contribution in [3.63, 3.8) is 0 Å². The maximum Gasteiger partial charge on any atom is 0.188 e. The van der Waals surface area contributed by atoms with Crippen molar-refractivity contribution in [1.29, 1.82) is 0 Å². The van der Waals surface area contributed by atoms with Crippen LogP contribution in [0.1, 0.15) is 23.3 Å². The summed E-state index contributed by atoms with van der Waals surface area (Å²) in [5.41, 5.74) is 0.472. The molecule has 0 unspecified atom stereocenters. The molecule has 0 aromatic carbocycles. The van der Waals surface area contributed by atoms with E-state index < -0.39 is 0 Å². The van der Waals surface area contributed by atoms with Gasteiger partial charge < -0.3 is 0 Å². The zero-order valence-corrected chi connectivity index (χ0v) is 8.21. The molecule has 0 spiro atoms. The summed E-state index contributed by atoms with van der Waals surface area (Å²) in [5.74, 6) is 0.327. The average molecular weight is 230 g/mol. The SMILES string of the molecule is Cn1nc(Br)c(C(=O)C2CC2)n1. The second kappa shape index (κ2) is 2.65. The quantitative estimate of drug-likeness (QED) is 0.716. The summed E-state index contributed by atoms with van der Waals surface area (Å²) in [7, 11) is 1.70. The molecule has 1 aromatic heterocycles. The minimum Gasteiger partial charge on any atom is -0.292 e. The number of nitrogens with zero attached hydrogens (tertiary/aromatic N) is 3. The first-order valence-corrected chi connectivity index (χ1v) is 4.59. The number of rotatable bonds is 2. The maximum atomic E-state index is 11.5. The summed E-state index contributed by atoms with van der Waals surface area (Å²) in [4.78, 5) is 12.9. The van der Waals surface area contributed by atoms with Crippen LogP contribution < -0.4 is 0 Å². The van der Waals surface area contributed by atoms with Crippen LogP contribution >= 0.6 is 15.9 Å². The van der Waals surface area contributed by atoms with Crippen molar-refractivity contribution in [2.75, 3.05) is 0 Å². The largest absolute Gasteiger partial charge is 0.292 e. The van der Waals surface area contributed by atoms with Gasteiger partial charge in [-0.05, 0) is 28.8 Å². The van der Waals surface area contributed by atoms with Gasteiger partial charge >= 0.3 is 0 Å². The molecule has 4 nitrogen and oxygen atoms in total. The van der Waals surface area contributed by atoms with Crippen LogP contribution in [0.4, 0.5) is 0 Å². The van der Waals surface area contributed by atoms with Crippen molar-refractivity contribution in [3.05, 3.63) is 10.3 Å². The molecule has 0 amide bonds. The van der Waals surface area contributed by atoms with Crippen LogP contribution in [0.25, 0.3) is 0 Å². The van der Waals surface area contributed by atoms with E-state index in [4.69, 9.17) is 0 Å². The fourth-order valence-electron chi connectivity index (χ4n) is 1.07. The lowest BCUT2D eigenvalue weighted by molar-refractivity contribution is 0.0961. The third kappa shape index (κ3) is 1.29. The van der Waals surface area contributed by atoms with E-state index in [1.54, 1.807) is 7.05 Å². The molecule has 1 saturated carbocycles. The Morgan fingerprint density at radius 3 is 2.67 bits per heavy atom. The highest BCUT2D eigenvalue weighted by Gasteiger charge is 2.33. The highest BCUT2D eigenvalue weighted by atomic mass is 79.9.